The minimum absolute atomic E-state index is 0.293. The molecule has 0 aliphatic carbocycles. The summed E-state index contributed by atoms with van der Waals surface area (Å²) in [5, 5.41) is 0. The van der Waals surface area contributed by atoms with E-state index in [9.17, 15) is 79.4 Å². The highest BCUT2D eigenvalue weighted by molar-refractivity contribution is 5.89. The van der Waals surface area contributed by atoms with Crippen molar-refractivity contribution in [2.24, 2.45) is 0 Å². The van der Waals surface area contributed by atoms with Crippen molar-refractivity contribution in [2.75, 3.05) is 14.2 Å². The van der Waals surface area contributed by atoms with Crippen molar-refractivity contribution in [1.82, 2.24) is 0 Å². The molecule has 0 saturated carbocycles. The van der Waals surface area contributed by atoms with E-state index in [1.807, 2.05) is 0 Å². The average molecular weight is 612 g/mol. The van der Waals surface area contributed by atoms with Gasteiger partial charge in [0.2, 0.25) is 0 Å². The molecule has 0 saturated heterocycles. The van der Waals surface area contributed by atoms with E-state index in [-0.39, 0.29) is 5.56 Å². The number of carbonyl (C=O) groups is 1. The number of esters is 1. The number of benzene rings is 1. The Balaban J connectivity index is 3.54. The molecule has 226 valence electrons. The van der Waals surface area contributed by atoms with Crippen LogP contribution in [-0.4, -0.2) is 67.8 Å². The van der Waals surface area contributed by atoms with E-state index in [1.165, 1.54) is 0 Å². The van der Waals surface area contributed by atoms with Gasteiger partial charge in [-0.1, -0.05) is 12.1 Å². The lowest BCUT2D eigenvalue weighted by Crippen LogP contribution is -2.74. The van der Waals surface area contributed by atoms with Crippen molar-refractivity contribution in [3.05, 3.63) is 35.4 Å². The number of alkyl halides is 17. The molecule has 1 rings (SSSR count). The largest absolute Gasteiger partial charge is 0.465 e. The van der Waals surface area contributed by atoms with Crippen LogP contribution in [0.2, 0.25) is 0 Å². The van der Waals surface area contributed by atoms with E-state index in [0.29, 0.717) is 19.2 Å². The molecule has 0 heterocycles. The van der Waals surface area contributed by atoms with Crippen LogP contribution in [0.5, 0.6) is 0 Å². The number of halogens is 17. The molecule has 0 aliphatic heterocycles. The zero-order valence-electron chi connectivity index (χ0n) is 18.7. The zero-order chi connectivity index (χ0) is 31.3. The molecule has 1 aromatic rings. The van der Waals surface area contributed by atoms with Gasteiger partial charge in [0, 0.05) is 13.5 Å². The van der Waals surface area contributed by atoms with Gasteiger partial charge in [-0.25, -0.2) is 4.79 Å². The van der Waals surface area contributed by atoms with Crippen molar-refractivity contribution in [1.29, 1.82) is 0 Å². The Bertz CT molecular complexity index is 1020. The third-order valence-corrected chi connectivity index (χ3v) is 5.22. The maximum atomic E-state index is 14.2. The van der Waals surface area contributed by atoms with Gasteiger partial charge in [0.05, 0.1) is 18.8 Å². The van der Waals surface area contributed by atoms with E-state index in [1.54, 1.807) is 0 Å². The Morgan fingerprint density at radius 3 is 1.31 bits per heavy atom. The summed E-state index contributed by atoms with van der Waals surface area (Å²) in [6.07, 6.45) is -13.1. The molecule has 20 heteroatoms. The molecule has 0 fully saturated rings. The molecule has 0 spiro atoms. The molecule has 39 heavy (non-hydrogen) atoms. The van der Waals surface area contributed by atoms with Crippen LogP contribution in [0, 0.1) is 0 Å². The standard InChI is InChI=1S/C19H13F17O3/c1-38-10(8-3-5-9(6-4-8)11(37)39-2)7-12(20,21)13(22,23)14(24,25)15(26,27)16(28,29)17(30,31)18(32,33)19(34,35)36/h3-6,10H,7H2,1-2H3. The number of ether oxygens (including phenoxy) is 2. The van der Waals surface area contributed by atoms with Gasteiger partial charge < -0.3 is 9.47 Å². The van der Waals surface area contributed by atoms with Crippen LogP contribution in [0.1, 0.15) is 28.4 Å². The fourth-order valence-electron chi connectivity index (χ4n) is 2.85. The third-order valence-electron chi connectivity index (χ3n) is 5.22. The average Bonchev–Trinajstić information content (AvgIpc) is 2.80. The van der Waals surface area contributed by atoms with Crippen molar-refractivity contribution >= 4 is 5.97 Å². The van der Waals surface area contributed by atoms with Crippen LogP contribution >= 0.6 is 0 Å². The Kier molecular flexibility index (Phi) is 8.96. The van der Waals surface area contributed by atoms with Gasteiger partial charge in [-0.15, -0.1) is 0 Å². The second-order valence-electron chi connectivity index (χ2n) is 7.69. The molecule has 1 unspecified atom stereocenters. The van der Waals surface area contributed by atoms with Gasteiger partial charge in [0.25, 0.3) is 0 Å². The maximum Gasteiger partial charge on any atom is 0.460 e. The van der Waals surface area contributed by atoms with E-state index < -0.39 is 71.7 Å². The van der Waals surface area contributed by atoms with Gasteiger partial charge in [-0.2, -0.15) is 74.6 Å². The number of methoxy groups -OCH3 is 2. The second kappa shape index (κ2) is 10.1. The summed E-state index contributed by atoms with van der Waals surface area (Å²) in [5.41, 5.74) is -0.949. The lowest BCUT2D eigenvalue weighted by atomic mass is 9.87. The van der Waals surface area contributed by atoms with Crippen LogP contribution in [0.25, 0.3) is 0 Å². The quantitative estimate of drug-likeness (QED) is 0.191. The van der Waals surface area contributed by atoms with Crippen molar-refractivity contribution in [2.45, 2.75) is 60.2 Å². The molecule has 3 nitrogen and oxygen atoms in total. The lowest BCUT2D eigenvalue weighted by Gasteiger charge is -2.43. The van der Waals surface area contributed by atoms with Gasteiger partial charge in [-0.3, -0.25) is 0 Å². The first-order chi connectivity index (χ1) is 17.1. The van der Waals surface area contributed by atoms with E-state index >= 15 is 0 Å². The normalized spacial score (nSPS) is 15.8. The topological polar surface area (TPSA) is 35.5 Å². The molecule has 0 aromatic heterocycles. The number of hydrogen-bond donors (Lipinski definition) is 0. The van der Waals surface area contributed by atoms with Gasteiger partial charge in [-0.05, 0) is 17.7 Å². The van der Waals surface area contributed by atoms with Crippen molar-refractivity contribution < 1.29 is 88.9 Å². The highest BCUT2D eigenvalue weighted by Crippen LogP contribution is 2.64. The first-order valence-corrected chi connectivity index (χ1v) is 9.54. The highest BCUT2D eigenvalue weighted by Gasteiger charge is 2.95. The maximum absolute atomic E-state index is 14.2. The lowest BCUT2D eigenvalue weighted by molar-refractivity contribution is -0.462. The number of carbonyl (C=O) groups excluding carboxylic acids is 1. The Hall–Kier alpha value is -2.54. The summed E-state index contributed by atoms with van der Waals surface area (Å²) in [7, 11) is 1.37. The molecule has 1 atom stereocenters. The molecule has 0 bridgehead atoms. The van der Waals surface area contributed by atoms with Crippen LogP contribution in [-0.2, 0) is 9.47 Å². The van der Waals surface area contributed by atoms with Gasteiger partial charge >= 0.3 is 53.6 Å². The molecule has 1 aromatic carbocycles. The molecule has 0 radical (unpaired) electrons. The predicted octanol–water partition coefficient (Wildman–Crippen LogP) is 7.56. The van der Waals surface area contributed by atoms with Crippen molar-refractivity contribution in [3.63, 3.8) is 0 Å². The Labute approximate surface area is 205 Å². The van der Waals surface area contributed by atoms with Crippen LogP contribution in [0.3, 0.4) is 0 Å². The molecular formula is C19H13F17O3. The zero-order valence-corrected chi connectivity index (χ0v) is 18.7. The van der Waals surface area contributed by atoms with Gasteiger partial charge in [0.1, 0.15) is 0 Å². The summed E-state index contributed by atoms with van der Waals surface area (Å²) in [5.74, 6) is -57.9. The van der Waals surface area contributed by atoms with E-state index in [4.69, 9.17) is 0 Å². The van der Waals surface area contributed by atoms with Crippen LogP contribution in [0.15, 0.2) is 24.3 Å². The summed E-state index contributed by atoms with van der Waals surface area (Å²) < 4.78 is 236. The number of hydrogen-bond acceptors (Lipinski definition) is 3. The van der Waals surface area contributed by atoms with Crippen molar-refractivity contribution in [3.8, 4) is 0 Å². The first kappa shape index (κ1) is 34.5. The minimum Gasteiger partial charge on any atom is -0.465 e. The summed E-state index contributed by atoms with van der Waals surface area (Å²) >= 11 is 0. The minimum atomic E-state index is -8.69. The fraction of sp³-hybridized carbons (Fsp3) is 0.632. The highest BCUT2D eigenvalue weighted by atomic mass is 19.4. The Morgan fingerprint density at radius 1 is 0.615 bits per heavy atom. The number of rotatable bonds is 11. The first-order valence-electron chi connectivity index (χ1n) is 9.54. The molecule has 0 aliphatic rings. The second-order valence-corrected chi connectivity index (χ2v) is 7.69. The molecular weight excluding hydrogens is 599 g/mol. The molecule has 0 amide bonds. The monoisotopic (exact) mass is 612 g/mol. The van der Waals surface area contributed by atoms with E-state index in [0.717, 1.165) is 19.2 Å². The third kappa shape index (κ3) is 5.19. The summed E-state index contributed by atoms with van der Waals surface area (Å²) in [4.78, 5) is 11.3. The summed E-state index contributed by atoms with van der Waals surface area (Å²) in [6.45, 7) is 0. The van der Waals surface area contributed by atoms with Crippen LogP contribution < -0.4 is 0 Å². The fourth-order valence-corrected chi connectivity index (χ4v) is 2.85. The Morgan fingerprint density at radius 2 is 0.974 bits per heavy atom. The predicted molar refractivity (Wildman–Crippen MR) is 92.8 cm³/mol. The van der Waals surface area contributed by atoms with E-state index in [2.05, 4.69) is 9.47 Å². The SMILES string of the molecule is COC(=O)c1ccc(C(CC(F)(F)C(F)(F)C(F)(F)C(F)(F)C(F)(F)C(F)(F)C(F)(F)C(F)(F)F)OC)cc1. The smallest absolute Gasteiger partial charge is 0.460 e. The van der Waals surface area contributed by atoms with Crippen LogP contribution in [0.4, 0.5) is 74.6 Å². The van der Waals surface area contributed by atoms with Gasteiger partial charge in [0.15, 0.2) is 0 Å². The summed E-state index contributed by atoms with van der Waals surface area (Å²) in [6, 6.07) is 2.93. The molecule has 0 N–H and O–H groups in total.